The van der Waals surface area contributed by atoms with Crippen LogP contribution in [0.3, 0.4) is 0 Å². The van der Waals surface area contributed by atoms with Crippen molar-refractivity contribution < 1.29 is 28.6 Å². The molecule has 2 N–H and O–H groups in total. The summed E-state index contributed by atoms with van der Waals surface area (Å²) >= 11 is 3.02. The minimum Gasteiger partial charge on any atom is -0.480 e. The van der Waals surface area contributed by atoms with Crippen LogP contribution in [0.2, 0.25) is 0 Å². The van der Waals surface area contributed by atoms with Gasteiger partial charge in [0, 0.05) is 6.42 Å². The highest BCUT2D eigenvalue weighted by molar-refractivity contribution is 9.10. The number of carbonyl (C=O) groups excluding carboxylic acids is 2. The number of aliphatic carboxylic acids is 1. The summed E-state index contributed by atoms with van der Waals surface area (Å²) in [6.07, 6.45) is 1.15. The second-order valence-electron chi connectivity index (χ2n) is 3.59. The number of carboxylic acid groups (broad SMARTS) is 1. The summed E-state index contributed by atoms with van der Waals surface area (Å²) < 4.78 is 9.50. The van der Waals surface area contributed by atoms with E-state index in [1.165, 1.54) is 19.4 Å². The van der Waals surface area contributed by atoms with Crippen molar-refractivity contribution >= 4 is 33.8 Å². The van der Waals surface area contributed by atoms with Crippen LogP contribution in [0.5, 0.6) is 0 Å². The maximum atomic E-state index is 11.8. The number of ether oxygens (including phenoxy) is 1. The Morgan fingerprint density at radius 3 is 2.68 bits per heavy atom. The highest BCUT2D eigenvalue weighted by Gasteiger charge is 2.23. The predicted octanol–water partition coefficient (Wildman–Crippen LogP) is 1.18. The van der Waals surface area contributed by atoms with Crippen molar-refractivity contribution in [2.24, 2.45) is 0 Å². The lowest BCUT2D eigenvalue weighted by Gasteiger charge is -2.13. The number of carboxylic acids is 1. The largest absolute Gasteiger partial charge is 0.480 e. The molecule has 0 radical (unpaired) electrons. The van der Waals surface area contributed by atoms with Crippen molar-refractivity contribution in [2.45, 2.75) is 18.9 Å². The molecule has 0 aliphatic carbocycles. The van der Waals surface area contributed by atoms with Gasteiger partial charge in [0.15, 0.2) is 4.67 Å². The van der Waals surface area contributed by atoms with Gasteiger partial charge in [0.05, 0.1) is 18.9 Å². The Kier molecular flexibility index (Phi) is 5.56. The molecule has 8 heteroatoms. The molecule has 0 bridgehead atoms. The second kappa shape index (κ2) is 6.93. The number of halogens is 1. The fourth-order valence-electron chi connectivity index (χ4n) is 1.31. The lowest BCUT2D eigenvalue weighted by molar-refractivity contribution is -0.142. The maximum Gasteiger partial charge on any atom is 0.326 e. The molecule has 1 aromatic heterocycles. The van der Waals surface area contributed by atoms with Crippen LogP contribution < -0.4 is 5.32 Å². The number of hydrogen-bond donors (Lipinski definition) is 2. The first-order valence-corrected chi connectivity index (χ1v) is 6.08. The van der Waals surface area contributed by atoms with E-state index in [0.29, 0.717) is 0 Å². The van der Waals surface area contributed by atoms with Crippen LogP contribution in [0.1, 0.15) is 23.2 Å². The summed E-state index contributed by atoms with van der Waals surface area (Å²) in [5, 5.41) is 11.3. The van der Waals surface area contributed by atoms with Gasteiger partial charge in [-0.25, -0.2) is 4.79 Å². The number of amides is 1. The number of furan rings is 1. The van der Waals surface area contributed by atoms with Gasteiger partial charge in [-0.2, -0.15) is 0 Å². The molecular formula is C11H12BrNO6. The van der Waals surface area contributed by atoms with Gasteiger partial charge in [-0.3, -0.25) is 9.59 Å². The zero-order valence-corrected chi connectivity index (χ0v) is 11.6. The summed E-state index contributed by atoms with van der Waals surface area (Å²) in [5.74, 6) is -2.36. The molecule has 1 atom stereocenters. The van der Waals surface area contributed by atoms with Crippen molar-refractivity contribution in [3.63, 3.8) is 0 Å². The summed E-state index contributed by atoms with van der Waals surface area (Å²) in [6, 6.07) is 0.229. The van der Waals surface area contributed by atoms with Crippen LogP contribution >= 0.6 is 15.9 Å². The topological polar surface area (TPSA) is 106 Å². The van der Waals surface area contributed by atoms with Crippen LogP contribution in [0.15, 0.2) is 21.4 Å². The zero-order valence-electron chi connectivity index (χ0n) is 10.0. The summed E-state index contributed by atoms with van der Waals surface area (Å²) in [6.45, 7) is 0. The maximum absolute atomic E-state index is 11.8. The lowest BCUT2D eigenvalue weighted by Crippen LogP contribution is -2.41. The Hall–Kier alpha value is -1.83. The molecule has 0 fully saturated rings. The van der Waals surface area contributed by atoms with E-state index in [9.17, 15) is 14.4 Å². The summed E-state index contributed by atoms with van der Waals surface area (Å²) in [5.41, 5.74) is 0.185. The molecule has 1 rings (SSSR count). The normalized spacial score (nSPS) is 11.7. The molecule has 0 aliphatic heterocycles. The van der Waals surface area contributed by atoms with Gasteiger partial charge >= 0.3 is 11.9 Å². The monoisotopic (exact) mass is 333 g/mol. The fraction of sp³-hybridized carbons (Fsp3) is 0.364. The van der Waals surface area contributed by atoms with Gasteiger partial charge in [0.2, 0.25) is 0 Å². The third kappa shape index (κ3) is 4.40. The Bertz CT molecular complexity index is 483. The fourth-order valence-corrected chi connectivity index (χ4v) is 1.73. The Balaban J connectivity index is 2.64. The number of esters is 1. The molecular weight excluding hydrogens is 322 g/mol. The average Bonchev–Trinajstić information content (AvgIpc) is 2.79. The number of rotatable bonds is 6. The predicted molar refractivity (Wildman–Crippen MR) is 66.5 cm³/mol. The summed E-state index contributed by atoms with van der Waals surface area (Å²) in [4.78, 5) is 33.7. The van der Waals surface area contributed by atoms with E-state index >= 15 is 0 Å². The van der Waals surface area contributed by atoms with Crippen LogP contribution in [0.4, 0.5) is 0 Å². The first kappa shape index (κ1) is 15.2. The van der Waals surface area contributed by atoms with Crippen LogP contribution in [0.25, 0.3) is 0 Å². The standard InChI is InChI=1S/C11H12BrNO6/c1-18-8(14)3-2-7(11(16)17)13-10(15)6-4-5-19-9(6)12/h4-5,7H,2-3H2,1H3,(H,13,15)(H,16,17). The highest BCUT2D eigenvalue weighted by atomic mass is 79.9. The first-order valence-electron chi connectivity index (χ1n) is 5.29. The Morgan fingerprint density at radius 1 is 1.53 bits per heavy atom. The van der Waals surface area contributed by atoms with Crippen LogP contribution in [-0.4, -0.2) is 36.1 Å². The zero-order chi connectivity index (χ0) is 14.4. The molecule has 104 valence electrons. The minimum absolute atomic E-state index is 0.0524. The van der Waals surface area contributed by atoms with Gasteiger partial charge < -0.3 is 19.6 Å². The molecule has 1 amide bonds. The Morgan fingerprint density at radius 2 is 2.21 bits per heavy atom. The molecule has 19 heavy (non-hydrogen) atoms. The lowest BCUT2D eigenvalue weighted by atomic mass is 10.1. The second-order valence-corrected chi connectivity index (χ2v) is 4.31. The van der Waals surface area contributed by atoms with Gasteiger partial charge in [0.1, 0.15) is 6.04 Å². The minimum atomic E-state index is -1.23. The van der Waals surface area contributed by atoms with E-state index in [4.69, 9.17) is 9.52 Å². The van der Waals surface area contributed by atoms with Gasteiger partial charge in [-0.15, -0.1) is 0 Å². The number of methoxy groups -OCH3 is 1. The van der Waals surface area contributed by atoms with Crippen molar-refractivity contribution in [1.82, 2.24) is 5.32 Å². The molecule has 7 nitrogen and oxygen atoms in total. The van der Waals surface area contributed by atoms with E-state index in [1.54, 1.807) is 0 Å². The van der Waals surface area contributed by atoms with Crippen molar-refractivity contribution in [2.75, 3.05) is 7.11 Å². The molecule has 0 saturated heterocycles. The van der Waals surface area contributed by atoms with Crippen molar-refractivity contribution in [3.8, 4) is 0 Å². The number of nitrogens with one attached hydrogen (secondary N) is 1. The molecule has 0 saturated carbocycles. The van der Waals surface area contributed by atoms with Crippen molar-refractivity contribution in [3.05, 3.63) is 22.6 Å². The van der Waals surface area contributed by atoms with Crippen molar-refractivity contribution in [1.29, 1.82) is 0 Å². The third-order valence-electron chi connectivity index (χ3n) is 2.33. The third-order valence-corrected chi connectivity index (χ3v) is 2.94. The first-order chi connectivity index (χ1) is 8.95. The van der Waals surface area contributed by atoms with Crippen LogP contribution in [-0.2, 0) is 14.3 Å². The summed E-state index contributed by atoms with van der Waals surface area (Å²) in [7, 11) is 1.21. The molecule has 0 aromatic carbocycles. The number of carbonyl (C=O) groups is 3. The molecule has 1 unspecified atom stereocenters. The molecule has 0 aliphatic rings. The van der Waals surface area contributed by atoms with E-state index in [0.717, 1.165) is 0 Å². The molecule has 1 heterocycles. The van der Waals surface area contributed by atoms with Gasteiger partial charge in [-0.1, -0.05) is 0 Å². The quantitative estimate of drug-likeness (QED) is 0.757. The van der Waals surface area contributed by atoms with E-state index < -0.39 is 23.9 Å². The van der Waals surface area contributed by atoms with E-state index in [1.807, 2.05) is 0 Å². The van der Waals surface area contributed by atoms with E-state index in [-0.39, 0.29) is 23.1 Å². The average molecular weight is 334 g/mol. The van der Waals surface area contributed by atoms with E-state index in [2.05, 4.69) is 26.0 Å². The van der Waals surface area contributed by atoms with Crippen LogP contribution in [0, 0.1) is 0 Å². The van der Waals surface area contributed by atoms with Gasteiger partial charge in [0.25, 0.3) is 5.91 Å². The smallest absolute Gasteiger partial charge is 0.326 e. The Labute approximate surface area is 117 Å². The van der Waals surface area contributed by atoms with Gasteiger partial charge in [-0.05, 0) is 28.4 Å². The number of hydrogen-bond acceptors (Lipinski definition) is 5. The SMILES string of the molecule is COC(=O)CCC(NC(=O)c1ccoc1Br)C(=O)O. The highest BCUT2D eigenvalue weighted by Crippen LogP contribution is 2.17. The molecule has 1 aromatic rings. The molecule has 0 spiro atoms.